The molecule has 1 aromatic heterocycles. The summed E-state index contributed by atoms with van der Waals surface area (Å²) < 4.78 is 27.4. The molecule has 0 aliphatic carbocycles. The zero-order chi connectivity index (χ0) is 20.3. The van der Waals surface area contributed by atoms with Crippen molar-refractivity contribution in [3.63, 3.8) is 0 Å². The maximum Gasteiger partial charge on any atom is 0.263 e. The third kappa shape index (κ3) is 4.52. The number of rotatable bonds is 7. The van der Waals surface area contributed by atoms with E-state index in [9.17, 15) is 8.42 Å². The largest absolute Gasteiger partial charge is 0.368 e. The fourth-order valence-electron chi connectivity index (χ4n) is 3.40. The van der Waals surface area contributed by atoms with E-state index in [-0.39, 0.29) is 4.90 Å². The molecule has 1 aliphatic rings. The average Bonchev–Trinajstić information content (AvgIpc) is 3.40. The molecule has 0 bridgehead atoms. The highest BCUT2D eigenvalue weighted by molar-refractivity contribution is 7.92. The third-order valence-electron chi connectivity index (χ3n) is 4.96. The summed E-state index contributed by atoms with van der Waals surface area (Å²) in [4.78, 5) is 6.52. The summed E-state index contributed by atoms with van der Waals surface area (Å²) in [6.07, 6.45) is 1.11. The first-order valence-electron chi connectivity index (χ1n) is 9.34. The molecule has 0 radical (unpaired) electrons. The molecule has 2 aromatic carbocycles. The van der Waals surface area contributed by atoms with E-state index in [1.807, 2.05) is 25.2 Å². The van der Waals surface area contributed by atoms with Gasteiger partial charge in [0.2, 0.25) is 0 Å². The van der Waals surface area contributed by atoms with Gasteiger partial charge in [-0.15, -0.1) is 11.3 Å². The normalized spacial score (nSPS) is 16.7. The van der Waals surface area contributed by atoms with Gasteiger partial charge >= 0.3 is 0 Å². The molecule has 29 heavy (non-hydrogen) atoms. The Kier molecular flexibility index (Phi) is 5.70. The fraction of sp³-hybridized carbons (Fsp3) is 0.250. The van der Waals surface area contributed by atoms with E-state index < -0.39 is 10.0 Å². The van der Waals surface area contributed by atoms with Crippen molar-refractivity contribution in [1.29, 1.82) is 0 Å². The van der Waals surface area contributed by atoms with Crippen LogP contribution in [0.15, 0.2) is 64.3 Å². The van der Waals surface area contributed by atoms with Crippen molar-refractivity contribution in [3.05, 3.63) is 59.4 Å². The molecule has 7 nitrogen and oxygen atoms in total. The van der Waals surface area contributed by atoms with Gasteiger partial charge < -0.3 is 15.5 Å². The number of para-hydroxylation sites is 2. The summed E-state index contributed by atoms with van der Waals surface area (Å²) in [5, 5.41) is 8.41. The van der Waals surface area contributed by atoms with Crippen LogP contribution in [0.3, 0.4) is 0 Å². The van der Waals surface area contributed by atoms with E-state index in [4.69, 9.17) is 0 Å². The number of thiazole rings is 1. The summed E-state index contributed by atoms with van der Waals surface area (Å²) in [5.74, 6) is 0.330. The first-order chi connectivity index (χ1) is 14.0. The molecule has 3 aromatic rings. The van der Waals surface area contributed by atoms with E-state index in [2.05, 4.69) is 31.3 Å². The fourth-order valence-corrected chi connectivity index (χ4v) is 4.96. The second kappa shape index (κ2) is 8.40. The van der Waals surface area contributed by atoms with Crippen LogP contribution in [-0.4, -0.2) is 39.6 Å². The highest BCUT2D eigenvalue weighted by atomic mass is 32.2. The third-order valence-corrected chi connectivity index (χ3v) is 6.91. The molecule has 4 rings (SSSR count). The van der Waals surface area contributed by atoms with Crippen LogP contribution >= 0.6 is 11.3 Å². The Morgan fingerprint density at radius 1 is 1.14 bits per heavy atom. The van der Waals surface area contributed by atoms with Gasteiger partial charge in [-0.2, -0.15) is 0 Å². The Labute approximate surface area is 174 Å². The van der Waals surface area contributed by atoms with Crippen molar-refractivity contribution in [3.8, 4) is 0 Å². The Hall–Kier alpha value is -2.62. The number of sulfonamides is 1. The van der Waals surface area contributed by atoms with Crippen LogP contribution < -0.4 is 20.3 Å². The monoisotopic (exact) mass is 429 g/mol. The Morgan fingerprint density at radius 2 is 1.93 bits per heavy atom. The summed E-state index contributed by atoms with van der Waals surface area (Å²) in [6, 6.07) is 15.4. The van der Waals surface area contributed by atoms with Gasteiger partial charge in [-0.1, -0.05) is 12.1 Å². The molecular weight excluding hydrogens is 406 g/mol. The number of aromatic nitrogens is 1. The molecule has 1 saturated heterocycles. The second-order valence-electron chi connectivity index (χ2n) is 6.87. The lowest BCUT2D eigenvalue weighted by atomic mass is 10.2. The Bertz CT molecular complexity index is 1050. The SMILES string of the molecule is CNC1CCN(c2ccccc2Nc2ccc(S(=O)(=O)Nc3cscn3)cc2)C1. The zero-order valence-electron chi connectivity index (χ0n) is 16.0. The van der Waals surface area contributed by atoms with Crippen LogP contribution in [0.2, 0.25) is 0 Å². The summed E-state index contributed by atoms with van der Waals surface area (Å²) >= 11 is 1.34. The number of likely N-dealkylation sites (N-methyl/N-ethyl adjacent to an activating group) is 1. The second-order valence-corrected chi connectivity index (χ2v) is 9.27. The summed E-state index contributed by atoms with van der Waals surface area (Å²) in [6.45, 7) is 1.97. The molecule has 0 saturated carbocycles. The van der Waals surface area contributed by atoms with E-state index in [1.165, 1.54) is 11.3 Å². The topological polar surface area (TPSA) is 86.4 Å². The number of nitrogens with one attached hydrogen (secondary N) is 3. The predicted molar refractivity (Wildman–Crippen MR) is 119 cm³/mol. The lowest BCUT2D eigenvalue weighted by Gasteiger charge is -2.22. The Morgan fingerprint density at radius 3 is 2.62 bits per heavy atom. The van der Waals surface area contributed by atoms with Gasteiger partial charge in [-0.3, -0.25) is 4.72 Å². The first kappa shape index (κ1) is 19.7. The van der Waals surface area contributed by atoms with Gasteiger partial charge in [0.15, 0.2) is 5.82 Å². The lowest BCUT2D eigenvalue weighted by Crippen LogP contribution is -2.29. The van der Waals surface area contributed by atoms with E-state index >= 15 is 0 Å². The number of hydrogen-bond donors (Lipinski definition) is 3. The summed E-state index contributed by atoms with van der Waals surface area (Å²) in [5.41, 5.74) is 4.56. The molecule has 0 amide bonds. The van der Waals surface area contributed by atoms with Crippen molar-refractivity contribution < 1.29 is 8.42 Å². The molecule has 152 valence electrons. The molecule has 9 heteroatoms. The smallest absolute Gasteiger partial charge is 0.263 e. The van der Waals surface area contributed by atoms with Crippen LogP contribution in [0.4, 0.5) is 22.9 Å². The lowest BCUT2D eigenvalue weighted by molar-refractivity contribution is 0.601. The van der Waals surface area contributed by atoms with E-state index in [0.717, 1.165) is 36.6 Å². The zero-order valence-corrected chi connectivity index (χ0v) is 17.6. The van der Waals surface area contributed by atoms with Gasteiger partial charge in [0.1, 0.15) is 0 Å². The van der Waals surface area contributed by atoms with Crippen LogP contribution in [0.5, 0.6) is 0 Å². The van der Waals surface area contributed by atoms with Crippen LogP contribution in [-0.2, 0) is 10.0 Å². The van der Waals surface area contributed by atoms with Crippen molar-refractivity contribution in [2.24, 2.45) is 0 Å². The van der Waals surface area contributed by atoms with Crippen LogP contribution in [0.25, 0.3) is 0 Å². The van der Waals surface area contributed by atoms with Crippen LogP contribution in [0.1, 0.15) is 6.42 Å². The van der Waals surface area contributed by atoms with Crippen molar-refractivity contribution in [1.82, 2.24) is 10.3 Å². The maximum atomic E-state index is 12.5. The molecule has 1 aliphatic heterocycles. The first-order valence-corrected chi connectivity index (χ1v) is 11.8. The molecule has 3 N–H and O–H groups in total. The maximum absolute atomic E-state index is 12.5. The summed E-state index contributed by atoms with van der Waals surface area (Å²) in [7, 11) is -1.65. The standard InChI is InChI=1S/C20H23N5O2S2/c1-21-16-10-11-25(12-16)19-5-3-2-4-18(19)23-15-6-8-17(9-7-15)29(26,27)24-20-13-28-14-22-20/h2-9,13-14,16,21,23-24H,10-12H2,1H3. The minimum Gasteiger partial charge on any atom is -0.368 e. The van der Waals surface area contributed by atoms with Crippen molar-refractivity contribution >= 4 is 44.2 Å². The average molecular weight is 430 g/mol. The van der Waals surface area contributed by atoms with Gasteiger partial charge in [0.05, 0.1) is 21.8 Å². The number of anilines is 4. The molecular formula is C20H23N5O2S2. The van der Waals surface area contributed by atoms with Gasteiger partial charge in [0, 0.05) is 30.2 Å². The molecule has 1 unspecified atom stereocenters. The van der Waals surface area contributed by atoms with Gasteiger partial charge in [-0.05, 0) is 49.9 Å². The van der Waals surface area contributed by atoms with Crippen molar-refractivity contribution in [2.45, 2.75) is 17.4 Å². The predicted octanol–water partition coefficient (Wildman–Crippen LogP) is 3.49. The van der Waals surface area contributed by atoms with Crippen LogP contribution in [0, 0.1) is 0 Å². The minimum atomic E-state index is -3.65. The molecule has 1 atom stereocenters. The Balaban J connectivity index is 1.50. The van der Waals surface area contributed by atoms with Gasteiger partial charge in [0.25, 0.3) is 10.0 Å². The van der Waals surface area contributed by atoms with Gasteiger partial charge in [-0.25, -0.2) is 13.4 Å². The van der Waals surface area contributed by atoms with E-state index in [0.29, 0.717) is 11.9 Å². The molecule has 0 spiro atoms. The number of hydrogen-bond acceptors (Lipinski definition) is 7. The highest BCUT2D eigenvalue weighted by Crippen LogP contribution is 2.31. The molecule has 1 fully saturated rings. The van der Waals surface area contributed by atoms with E-state index in [1.54, 1.807) is 35.2 Å². The number of benzene rings is 2. The van der Waals surface area contributed by atoms with Crippen molar-refractivity contribution in [2.75, 3.05) is 35.1 Å². The molecule has 2 heterocycles. The quantitative estimate of drug-likeness (QED) is 0.533. The minimum absolute atomic E-state index is 0.195. The number of nitrogens with zero attached hydrogens (tertiary/aromatic N) is 2. The highest BCUT2D eigenvalue weighted by Gasteiger charge is 2.23.